The maximum atomic E-state index is 12.2. The van der Waals surface area contributed by atoms with Gasteiger partial charge in [0.1, 0.15) is 5.69 Å². The molecule has 0 amide bonds. The van der Waals surface area contributed by atoms with Crippen molar-refractivity contribution in [3.8, 4) is 0 Å². The van der Waals surface area contributed by atoms with Crippen molar-refractivity contribution in [1.29, 1.82) is 0 Å². The Balaban J connectivity index is 1.64. The standard InChI is InChI=1S/C24H24N2O2S/c1-17-8-10-18(11-9-17)16-26-22-7-3-2-6-20(22)21(23(26)24(27)28)15-25-13-12-19-5-4-14-29-19/h2-11,14,25H,12-13,15-16H2,1H3,(H,27,28). The predicted octanol–water partition coefficient (Wildman–Crippen LogP) is 5.09. The molecule has 0 fully saturated rings. The number of hydrogen-bond acceptors (Lipinski definition) is 3. The number of aromatic carboxylic acids is 1. The molecule has 148 valence electrons. The maximum Gasteiger partial charge on any atom is 0.352 e. The third-order valence-corrected chi connectivity index (χ3v) is 6.11. The molecule has 29 heavy (non-hydrogen) atoms. The molecule has 0 unspecified atom stereocenters. The van der Waals surface area contributed by atoms with Crippen molar-refractivity contribution >= 4 is 28.2 Å². The lowest BCUT2D eigenvalue weighted by atomic mass is 10.1. The molecule has 0 aliphatic carbocycles. The summed E-state index contributed by atoms with van der Waals surface area (Å²) >= 11 is 1.75. The SMILES string of the molecule is Cc1ccc(Cn2c(C(=O)O)c(CNCCc3cccs3)c3ccccc32)cc1. The number of fused-ring (bicyclic) bond motifs is 1. The van der Waals surface area contributed by atoms with Crippen LogP contribution >= 0.6 is 11.3 Å². The molecule has 2 heterocycles. The van der Waals surface area contributed by atoms with E-state index in [2.05, 4.69) is 54.0 Å². The first-order chi connectivity index (χ1) is 14.1. The lowest BCUT2D eigenvalue weighted by Gasteiger charge is -2.10. The topological polar surface area (TPSA) is 54.3 Å². The minimum Gasteiger partial charge on any atom is -0.477 e. The van der Waals surface area contributed by atoms with Gasteiger partial charge in [0.2, 0.25) is 0 Å². The van der Waals surface area contributed by atoms with Crippen molar-refractivity contribution in [2.24, 2.45) is 0 Å². The number of aryl methyl sites for hydroxylation is 1. The van der Waals surface area contributed by atoms with Gasteiger partial charge in [0.25, 0.3) is 0 Å². The molecule has 0 saturated heterocycles. The van der Waals surface area contributed by atoms with Crippen LogP contribution in [-0.4, -0.2) is 22.2 Å². The Hall–Kier alpha value is -2.89. The van der Waals surface area contributed by atoms with Crippen molar-refractivity contribution in [1.82, 2.24) is 9.88 Å². The lowest BCUT2D eigenvalue weighted by Crippen LogP contribution is -2.19. The average Bonchev–Trinajstić information content (AvgIpc) is 3.34. The summed E-state index contributed by atoms with van der Waals surface area (Å²) in [7, 11) is 0. The van der Waals surface area contributed by atoms with E-state index in [1.807, 2.05) is 28.8 Å². The van der Waals surface area contributed by atoms with Crippen LogP contribution in [0, 0.1) is 6.92 Å². The first kappa shape index (κ1) is 19.4. The number of carbonyl (C=O) groups is 1. The first-order valence-corrected chi connectivity index (χ1v) is 10.6. The second-order valence-corrected chi connectivity index (χ2v) is 8.26. The van der Waals surface area contributed by atoms with E-state index in [9.17, 15) is 9.90 Å². The average molecular weight is 405 g/mol. The van der Waals surface area contributed by atoms with Crippen LogP contribution in [0.5, 0.6) is 0 Å². The Bertz CT molecular complexity index is 1110. The van der Waals surface area contributed by atoms with E-state index in [4.69, 9.17) is 0 Å². The molecule has 4 aromatic rings. The van der Waals surface area contributed by atoms with Gasteiger partial charge < -0.3 is 15.0 Å². The lowest BCUT2D eigenvalue weighted by molar-refractivity contribution is 0.0685. The molecule has 0 saturated carbocycles. The molecule has 0 spiro atoms. The third-order valence-electron chi connectivity index (χ3n) is 5.17. The number of thiophene rings is 1. The highest BCUT2D eigenvalue weighted by Crippen LogP contribution is 2.27. The molecule has 0 bridgehead atoms. The number of para-hydroxylation sites is 1. The molecule has 2 aromatic carbocycles. The zero-order valence-corrected chi connectivity index (χ0v) is 17.2. The normalized spacial score (nSPS) is 11.2. The van der Waals surface area contributed by atoms with Gasteiger partial charge in [-0.2, -0.15) is 0 Å². The van der Waals surface area contributed by atoms with Gasteiger partial charge >= 0.3 is 5.97 Å². The monoisotopic (exact) mass is 404 g/mol. The second kappa shape index (κ2) is 8.64. The van der Waals surface area contributed by atoms with Crippen molar-refractivity contribution in [3.63, 3.8) is 0 Å². The molecule has 0 aliphatic heterocycles. The molecular weight excluding hydrogens is 380 g/mol. The number of nitrogens with one attached hydrogen (secondary N) is 1. The molecule has 2 N–H and O–H groups in total. The fraction of sp³-hybridized carbons (Fsp3) is 0.208. The molecule has 5 heteroatoms. The van der Waals surface area contributed by atoms with Crippen LogP contribution in [0.4, 0.5) is 0 Å². The second-order valence-electron chi connectivity index (χ2n) is 7.23. The van der Waals surface area contributed by atoms with Gasteiger partial charge in [0, 0.05) is 41.0 Å². The Morgan fingerprint density at radius 1 is 1.07 bits per heavy atom. The fourth-order valence-electron chi connectivity index (χ4n) is 3.72. The van der Waals surface area contributed by atoms with Gasteiger partial charge in [0.05, 0.1) is 0 Å². The summed E-state index contributed by atoms with van der Waals surface area (Å²) < 4.78 is 1.93. The van der Waals surface area contributed by atoms with Crippen LogP contribution in [0.1, 0.15) is 32.1 Å². The quantitative estimate of drug-likeness (QED) is 0.402. The summed E-state index contributed by atoms with van der Waals surface area (Å²) in [4.78, 5) is 13.6. The molecule has 4 nitrogen and oxygen atoms in total. The van der Waals surface area contributed by atoms with E-state index in [0.29, 0.717) is 18.8 Å². The van der Waals surface area contributed by atoms with Crippen LogP contribution < -0.4 is 5.32 Å². The third kappa shape index (κ3) is 4.26. The number of rotatable bonds is 8. The van der Waals surface area contributed by atoms with Crippen molar-refractivity contribution in [2.75, 3.05) is 6.54 Å². The number of aromatic nitrogens is 1. The number of carboxylic acids is 1. The summed E-state index contributed by atoms with van der Waals surface area (Å²) in [5, 5.41) is 16.6. The molecular formula is C24H24N2O2S. The van der Waals surface area contributed by atoms with E-state index < -0.39 is 5.97 Å². The van der Waals surface area contributed by atoms with Crippen molar-refractivity contribution < 1.29 is 9.90 Å². The van der Waals surface area contributed by atoms with Gasteiger partial charge in [-0.05, 0) is 36.4 Å². The summed E-state index contributed by atoms with van der Waals surface area (Å²) in [6.45, 7) is 3.95. The highest BCUT2D eigenvalue weighted by atomic mass is 32.1. The first-order valence-electron chi connectivity index (χ1n) is 9.75. The van der Waals surface area contributed by atoms with E-state index in [1.165, 1.54) is 10.4 Å². The van der Waals surface area contributed by atoms with Crippen molar-refractivity contribution in [3.05, 3.63) is 93.3 Å². The summed E-state index contributed by atoms with van der Waals surface area (Å²) in [5.41, 5.74) is 4.47. The summed E-state index contributed by atoms with van der Waals surface area (Å²) in [6, 6.07) is 20.4. The summed E-state index contributed by atoms with van der Waals surface area (Å²) in [6.07, 6.45) is 0.947. The zero-order chi connectivity index (χ0) is 20.2. The van der Waals surface area contributed by atoms with Crippen LogP contribution in [0.25, 0.3) is 10.9 Å². The Labute approximate surface area is 174 Å². The molecule has 4 rings (SSSR count). The minimum absolute atomic E-state index is 0.371. The Morgan fingerprint density at radius 2 is 1.86 bits per heavy atom. The molecule has 2 aromatic heterocycles. The Kier molecular flexibility index (Phi) is 5.79. The van der Waals surface area contributed by atoms with E-state index in [-0.39, 0.29) is 0 Å². The van der Waals surface area contributed by atoms with Crippen molar-refractivity contribution in [2.45, 2.75) is 26.4 Å². The number of hydrogen-bond donors (Lipinski definition) is 2. The molecule has 0 atom stereocenters. The zero-order valence-electron chi connectivity index (χ0n) is 16.4. The van der Waals surface area contributed by atoms with Gasteiger partial charge in [-0.15, -0.1) is 11.3 Å². The van der Waals surface area contributed by atoms with Crippen LogP contribution in [0.2, 0.25) is 0 Å². The maximum absolute atomic E-state index is 12.2. The van der Waals surface area contributed by atoms with E-state index in [0.717, 1.165) is 35.0 Å². The highest BCUT2D eigenvalue weighted by Gasteiger charge is 2.22. The smallest absolute Gasteiger partial charge is 0.352 e. The predicted molar refractivity (Wildman–Crippen MR) is 119 cm³/mol. The van der Waals surface area contributed by atoms with Crippen LogP contribution in [0.3, 0.4) is 0 Å². The molecule has 0 radical (unpaired) electrons. The molecule has 0 aliphatic rings. The van der Waals surface area contributed by atoms with Crippen LogP contribution in [0.15, 0.2) is 66.0 Å². The highest BCUT2D eigenvalue weighted by molar-refractivity contribution is 7.09. The van der Waals surface area contributed by atoms with Gasteiger partial charge in [-0.3, -0.25) is 0 Å². The summed E-state index contributed by atoms with van der Waals surface area (Å²) in [5.74, 6) is -0.886. The fourth-order valence-corrected chi connectivity index (χ4v) is 4.43. The minimum atomic E-state index is -0.886. The Morgan fingerprint density at radius 3 is 2.59 bits per heavy atom. The number of nitrogens with zero attached hydrogens (tertiary/aromatic N) is 1. The number of carboxylic acid groups (broad SMARTS) is 1. The van der Waals surface area contributed by atoms with Gasteiger partial charge in [-0.25, -0.2) is 4.79 Å². The van der Waals surface area contributed by atoms with Gasteiger partial charge in [0.15, 0.2) is 0 Å². The van der Waals surface area contributed by atoms with Gasteiger partial charge in [-0.1, -0.05) is 54.1 Å². The van der Waals surface area contributed by atoms with Crippen LogP contribution in [-0.2, 0) is 19.5 Å². The number of benzene rings is 2. The van der Waals surface area contributed by atoms with E-state index >= 15 is 0 Å². The van der Waals surface area contributed by atoms with E-state index in [1.54, 1.807) is 11.3 Å². The largest absolute Gasteiger partial charge is 0.477 e.